The predicted octanol–water partition coefficient (Wildman–Crippen LogP) is 1.62. The number of aromatic nitrogens is 2. The first-order valence-electron chi connectivity index (χ1n) is 8.77. The van der Waals surface area contributed by atoms with E-state index in [1.54, 1.807) is 0 Å². The van der Waals surface area contributed by atoms with Crippen LogP contribution in [0.2, 0.25) is 0 Å². The molecule has 4 rings (SSSR count). The highest BCUT2D eigenvalue weighted by molar-refractivity contribution is 5.54. The third-order valence-corrected chi connectivity index (χ3v) is 5.07. The molecule has 2 fully saturated rings. The van der Waals surface area contributed by atoms with Crippen molar-refractivity contribution in [3.8, 4) is 11.4 Å². The van der Waals surface area contributed by atoms with Crippen molar-refractivity contribution in [3.05, 3.63) is 35.7 Å². The molecule has 6 nitrogen and oxygen atoms in total. The predicted molar refractivity (Wildman–Crippen MR) is 90.4 cm³/mol. The van der Waals surface area contributed by atoms with Gasteiger partial charge in [-0.15, -0.1) is 0 Å². The fourth-order valence-electron chi connectivity index (χ4n) is 3.66. The lowest BCUT2D eigenvalue weighted by Crippen LogP contribution is -2.59. The van der Waals surface area contributed by atoms with Gasteiger partial charge in [0, 0.05) is 36.5 Å². The van der Waals surface area contributed by atoms with Gasteiger partial charge in [-0.1, -0.05) is 36.3 Å². The third-order valence-electron chi connectivity index (χ3n) is 5.07. The smallest absolute Gasteiger partial charge is 0.240 e. The maximum Gasteiger partial charge on any atom is 0.240 e. The summed E-state index contributed by atoms with van der Waals surface area (Å²) in [5.41, 5.74) is 2.30. The molecule has 0 amide bonds. The van der Waals surface area contributed by atoms with Crippen molar-refractivity contribution in [2.75, 3.05) is 26.3 Å². The lowest BCUT2D eigenvalue weighted by atomic mass is 9.83. The fraction of sp³-hybridized carbons (Fsp3) is 0.556. The summed E-state index contributed by atoms with van der Waals surface area (Å²) >= 11 is 0. The van der Waals surface area contributed by atoms with Gasteiger partial charge in [0.05, 0.1) is 19.8 Å². The summed E-state index contributed by atoms with van der Waals surface area (Å²) in [5, 5.41) is 11.2. The summed E-state index contributed by atoms with van der Waals surface area (Å²) in [6.45, 7) is 6.41. The van der Waals surface area contributed by atoms with Crippen LogP contribution in [0.5, 0.6) is 0 Å². The highest BCUT2D eigenvalue weighted by Gasteiger charge is 2.36. The van der Waals surface area contributed by atoms with Crippen LogP contribution in [0, 0.1) is 11.8 Å². The first-order chi connectivity index (χ1) is 11.8. The molecular weight excluding hydrogens is 304 g/mol. The van der Waals surface area contributed by atoms with E-state index < -0.39 is 0 Å². The highest BCUT2D eigenvalue weighted by atomic mass is 16.5. The van der Waals surface area contributed by atoms with Crippen LogP contribution in [-0.4, -0.2) is 42.5 Å². The number of rotatable bonds is 5. The van der Waals surface area contributed by atoms with Gasteiger partial charge in [0.1, 0.15) is 0 Å². The van der Waals surface area contributed by atoms with E-state index in [4.69, 9.17) is 9.26 Å². The van der Waals surface area contributed by atoms with Crippen LogP contribution in [0.4, 0.5) is 0 Å². The van der Waals surface area contributed by atoms with Gasteiger partial charge in [0.2, 0.25) is 11.7 Å². The van der Waals surface area contributed by atoms with Gasteiger partial charge < -0.3 is 19.9 Å². The molecule has 0 saturated carbocycles. The number of benzene rings is 1. The number of piperidine rings is 1. The van der Waals surface area contributed by atoms with Crippen LogP contribution in [-0.2, 0) is 17.7 Å². The largest absolute Gasteiger partial charge is 0.381 e. The number of aryl methyl sites for hydroxylation is 1. The lowest BCUT2D eigenvalue weighted by molar-refractivity contribution is -0.0284. The minimum absolute atomic E-state index is 0.458. The van der Waals surface area contributed by atoms with Gasteiger partial charge in [-0.05, 0) is 12.0 Å². The average Bonchev–Trinajstić information content (AvgIpc) is 3.08. The van der Waals surface area contributed by atoms with Crippen LogP contribution < -0.4 is 10.6 Å². The van der Waals surface area contributed by atoms with Crippen LogP contribution >= 0.6 is 0 Å². The van der Waals surface area contributed by atoms with Crippen LogP contribution in [0.3, 0.4) is 0 Å². The summed E-state index contributed by atoms with van der Waals surface area (Å²) in [6, 6.07) is 8.78. The molecule has 1 aromatic heterocycles. The number of hydrogen-bond donors (Lipinski definition) is 2. The Morgan fingerprint density at radius 3 is 2.62 bits per heavy atom. The molecule has 1 aromatic carbocycles. The highest BCUT2D eigenvalue weighted by Crippen LogP contribution is 2.24. The second kappa shape index (κ2) is 7.01. The fourth-order valence-corrected chi connectivity index (χ4v) is 3.66. The normalized spacial score (nSPS) is 26.5. The molecule has 2 aliphatic rings. The van der Waals surface area contributed by atoms with Crippen LogP contribution in [0.25, 0.3) is 11.4 Å². The van der Waals surface area contributed by atoms with Gasteiger partial charge in [0.25, 0.3) is 0 Å². The zero-order chi connectivity index (χ0) is 16.4. The molecular formula is C18H24N4O2. The zero-order valence-corrected chi connectivity index (χ0v) is 14.0. The monoisotopic (exact) mass is 328 g/mol. The average molecular weight is 328 g/mol. The van der Waals surface area contributed by atoms with E-state index in [-0.39, 0.29) is 0 Å². The zero-order valence-electron chi connectivity index (χ0n) is 14.0. The molecule has 6 heteroatoms. The van der Waals surface area contributed by atoms with E-state index in [9.17, 15) is 0 Å². The molecule has 128 valence electrons. The Morgan fingerprint density at radius 1 is 1.17 bits per heavy atom. The van der Waals surface area contributed by atoms with Crippen molar-refractivity contribution in [1.82, 2.24) is 20.8 Å². The maximum absolute atomic E-state index is 5.67. The second-order valence-corrected chi connectivity index (χ2v) is 6.68. The first kappa shape index (κ1) is 15.7. The Kier molecular flexibility index (Phi) is 4.60. The van der Waals surface area contributed by atoms with E-state index in [1.807, 2.05) is 0 Å². The molecule has 2 bridgehead atoms. The number of nitrogens with zero attached hydrogens (tertiary/aromatic N) is 2. The quantitative estimate of drug-likeness (QED) is 0.869. The SMILES string of the molecule is CCc1ccc(-c2noc(CNC3C4CNCC3COC4)n2)cc1. The molecule has 2 aromatic rings. The molecule has 0 radical (unpaired) electrons. The van der Waals surface area contributed by atoms with Crippen molar-refractivity contribution in [2.24, 2.45) is 11.8 Å². The number of fused-ring (bicyclic) bond motifs is 2. The molecule has 0 aliphatic carbocycles. The van der Waals surface area contributed by atoms with Crippen molar-refractivity contribution in [3.63, 3.8) is 0 Å². The minimum Gasteiger partial charge on any atom is -0.381 e. The third kappa shape index (κ3) is 3.22. The van der Waals surface area contributed by atoms with Gasteiger partial charge >= 0.3 is 0 Å². The van der Waals surface area contributed by atoms with Crippen molar-refractivity contribution < 1.29 is 9.26 Å². The molecule has 24 heavy (non-hydrogen) atoms. The maximum atomic E-state index is 5.67. The molecule has 2 N–H and O–H groups in total. The lowest BCUT2D eigenvalue weighted by Gasteiger charge is -2.42. The van der Waals surface area contributed by atoms with Gasteiger partial charge in [-0.25, -0.2) is 0 Å². The minimum atomic E-state index is 0.458. The van der Waals surface area contributed by atoms with E-state index in [0.717, 1.165) is 38.3 Å². The summed E-state index contributed by atoms with van der Waals surface area (Å²) in [7, 11) is 0. The van der Waals surface area contributed by atoms with E-state index >= 15 is 0 Å². The van der Waals surface area contributed by atoms with E-state index in [0.29, 0.717) is 36.1 Å². The second-order valence-electron chi connectivity index (χ2n) is 6.68. The number of nitrogens with one attached hydrogen (secondary N) is 2. The summed E-state index contributed by atoms with van der Waals surface area (Å²) in [4.78, 5) is 4.53. The van der Waals surface area contributed by atoms with Crippen molar-refractivity contribution >= 4 is 0 Å². The molecule has 0 spiro atoms. The standard InChI is InChI=1S/C18H24N4O2/c1-2-12-3-5-13(6-4-12)18-21-16(24-22-18)9-20-17-14-7-19-8-15(17)11-23-10-14/h3-6,14-15,17,19-20H,2,7-11H2,1H3. The molecule has 2 atom stereocenters. The van der Waals surface area contributed by atoms with Gasteiger partial charge in [-0.3, -0.25) is 0 Å². The van der Waals surface area contributed by atoms with Crippen molar-refractivity contribution in [2.45, 2.75) is 25.9 Å². The molecule has 2 aliphatic heterocycles. The Hall–Kier alpha value is -1.76. The summed E-state index contributed by atoms with van der Waals surface area (Å²) in [6.07, 6.45) is 1.03. The van der Waals surface area contributed by atoms with E-state index in [2.05, 4.69) is 52.0 Å². The first-order valence-corrected chi connectivity index (χ1v) is 8.77. The van der Waals surface area contributed by atoms with Gasteiger partial charge in [0.15, 0.2) is 0 Å². The van der Waals surface area contributed by atoms with Gasteiger partial charge in [-0.2, -0.15) is 4.98 Å². The topological polar surface area (TPSA) is 72.2 Å². The Labute approximate surface area is 142 Å². The molecule has 2 saturated heterocycles. The van der Waals surface area contributed by atoms with Crippen LogP contribution in [0.1, 0.15) is 18.4 Å². The number of ether oxygens (including phenoxy) is 1. The van der Waals surface area contributed by atoms with Crippen LogP contribution in [0.15, 0.2) is 28.8 Å². The summed E-state index contributed by atoms with van der Waals surface area (Å²) < 4.78 is 11.1. The summed E-state index contributed by atoms with van der Waals surface area (Å²) in [5.74, 6) is 2.33. The Morgan fingerprint density at radius 2 is 1.92 bits per heavy atom. The van der Waals surface area contributed by atoms with E-state index in [1.165, 1.54) is 5.56 Å². The Balaban J connectivity index is 1.40. The van der Waals surface area contributed by atoms with Crippen molar-refractivity contribution in [1.29, 1.82) is 0 Å². The Bertz CT molecular complexity index is 648. The molecule has 3 heterocycles. The molecule has 2 unspecified atom stereocenters. The number of hydrogen-bond acceptors (Lipinski definition) is 6.